The molecule has 4 heterocycles. The predicted octanol–water partition coefficient (Wildman–Crippen LogP) is 1.16. The van der Waals surface area contributed by atoms with Crippen LogP contribution in [0, 0.1) is 12.8 Å². The quantitative estimate of drug-likeness (QED) is 0.703. The fraction of sp³-hybridized carbons (Fsp3) is 0.389. The zero-order valence-electron chi connectivity index (χ0n) is 14.6. The van der Waals surface area contributed by atoms with Crippen molar-refractivity contribution in [2.24, 2.45) is 5.92 Å². The Labute approximate surface area is 150 Å². The van der Waals surface area contributed by atoms with E-state index >= 15 is 0 Å². The van der Waals surface area contributed by atoms with Gasteiger partial charge in [-0.15, -0.1) is 0 Å². The van der Waals surface area contributed by atoms with Crippen LogP contribution in [0.2, 0.25) is 0 Å². The lowest BCUT2D eigenvalue weighted by Crippen LogP contribution is -2.37. The number of ether oxygens (including phenoxy) is 1. The van der Waals surface area contributed by atoms with Gasteiger partial charge < -0.3 is 9.64 Å². The number of hydrogen-bond donors (Lipinski definition) is 0. The Bertz CT molecular complexity index is 907. The van der Waals surface area contributed by atoms with Crippen molar-refractivity contribution in [3.63, 3.8) is 0 Å². The van der Waals surface area contributed by atoms with Gasteiger partial charge in [0, 0.05) is 37.6 Å². The number of imidazole rings is 1. The number of carbonyl (C=O) groups is 1. The lowest BCUT2D eigenvalue weighted by atomic mass is 10.0. The third-order valence-electron chi connectivity index (χ3n) is 4.43. The monoisotopic (exact) mass is 352 g/mol. The summed E-state index contributed by atoms with van der Waals surface area (Å²) in [7, 11) is 0. The summed E-state index contributed by atoms with van der Waals surface area (Å²) in [5, 5.41) is 4.57. The van der Waals surface area contributed by atoms with Crippen molar-refractivity contribution in [2.45, 2.75) is 13.3 Å². The Morgan fingerprint density at radius 2 is 2.19 bits per heavy atom. The molecule has 0 radical (unpaired) electrons. The molecule has 1 aliphatic rings. The highest BCUT2D eigenvalue weighted by Gasteiger charge is 2.25. The van der Waals surface area contributed by atoms with E-state index in [2.05, 4.69) is 20.1 Å². The van der Waals surface area contributed by atoms with E-state index in [1.807, 2.05) is 25.3 Å². The summed E-state index contributed by atoms with van der Waals surface area (Å²) >= 11 is 0. The summed E-state index contributed by atoms with van der Waals surface area (Å²) in [6.07, 6.45) is 7.44. The predicted molar refractivity (Wildman–Crippen MR) is 93.7 cm³/mol. The van der Waals surface area contributed by atoms with Crippen LogP contribution in [0.25, 0.3) is 5.65 Å². The highest BCUT2D eigenvalue weighted by Crippen LogP contribution is 2.15. The number of aromatic nitrogens is 5. The Balaban J connectivity index is 1.48. The molecule has 0 saturated carbocycles. The third-order valence-corrected chi connectivity index (χ3v) is 4.43. The second-order valence-electron chi connectivity index (χ2n) is 6.49. The van der Waals surface area contributed by atoms with Crippen molar-refractivity contribution in [1.82, 2.24) is 29.5 Å². The number of hydrogen-bond acceptors (Lipinski definition) is 6. The summed E-state index contributed by atoms with van der Waals surface area (Å²) < 4.78 is 7.47. The van der Waals surface area contributed by atoms with Crippen molar-refractivity contribution >= 4 is 11.6 Å². The molecule has 0 spiro atoms. The Hall–Kier alpha value is -2.87. The molecule has 0 N–H and O–H groups in total. The molecule has 0 unspecified atom stereocenters. The van der Waals surface area contributed by atoms with Gasteiger partial charge in [0.25, 0.3) is 5.91 Å². The molecule has 4 rings (SSSR count). The van der Waals surface area contributed by atoms with Gasteiger partial charge in [-0.05, 0) is 25.5 Å². The van der Waals surface area contributed by atoms with Gasteiger partial charge in [0.15, 0.2) is 5.65 Å². The van der Waals surface area contributed by atoms with Gasteiger partial charge in [0.2, 0.25) is 0 Å². The molecule has 8 nitrogen and oxygen atoms in total. The molecule has 0 aliphatic carbocycles. The summed E-state index contributed by atoms with van der Waals surface area (Å²) in [6.45, 7) is 4.14. The number of nitrogens with zero attached hydrogens (tertiary/aromatic N) is 6. The fourth-order valence-electron chi connectivity index (χ4n) is 3.11. The van der Waals surface area contributed by atoms with Crippen molar-refractivity contribution in [1.29, 1.82) is 0 Å². The average molecular weight is 352 g/mol. The van der Waals surface area contributed by atoms with Crippen LogP contribution in [0.3, 0.4) is 0 Å². The van der Waals surface area contributed by atoms with E-state index in [9.17, 15) is 4.79 Å². The maximum atomic E-state index is 12.7. The minimum Gasteiger partial charge on any atom is -0.379 e. The van der Waals surface area contributed by atoms with E-state index in [1.54, 1.807) is 21.8 Å². The zero-order chi connectivity index (χ0) is 17.9. The number of amides is 1. The van der Waals surface area contributed by atoms with Crippen LogP contribution < -0.4 is 0 Å². The molecule has 0 bridgehead atoms. The van der Waals surface area contributed by atoms with Crippen molar-refractivity contribution in [3.8, 4) is 0 Å². The second kappa shape index (κ2) is 7.17. The lowest BCUT2D eigenvalue weighted by Gasteiger charge is -2.23. The zero-order valence-corrected chi connectivity index (χ0v) is 14.6. The minimum absolute atomic E-state index is 0.106. The molecule has 1 amide bonds. The number of rotatable bonds is 3. The van der Waals surface area contributed by atoms with Crippen molar-refractivity contribution < 1.29 is 9.53 Å². The summed E-state index contributed by atoms with van der Waals surface area (Å²) in [5.74, 6) is 0.0688. The first-order valence-corrected chi connectivity index (χ1v) is 8.64. The SMILES string of the molecule is Cc1cnc(C(=O)N2CCOC[C@@H](Cc3ccc4nccn4n3)C2)cn1. The van der Waals surface area contributed by atoms with E-state index in [0.29, 0.717) is 32.0 Å². The lowest BCUT2D eigenvalue weighted by molar-refractivity contribution is 0.0731. The van der Waals surface area contributed by atoms with Crippen LogP contribution in [0.4, 0.5) is 0 Å². The molecule has 0 aromatic carbocycles. The Kier molecular flexibility index (Phi) is 4.57. The van der Waals surface area contributed by atoms with Gasteiger partial charge in [-0.25, -0.2) is 14.5 Å². The van der Waals surface area contributed by atoms with Crippen molar-refractivity contribution in [3.05, 3.63) is 54.0 Å². The largest absolute Gasteiger partial charge is 0.379 e. The van der Waals surface area contributed by atoms with E-state index in [0.717, 1.165) is 23.5 Å². The van der Waals surface area contributed by atoms with Crippen LogP contribution in [0.1, 0.15) is 21.9 Å². The fourth-order valence-corrected chi connectivity index (χ4v) is 3.11. The Morgan fingerprint density at radius 1 is 1.27 bits per heavy atom. The molecule has 3 aromatic rings. The van der Waals surface area contributed by atoms with Gasteiger partial charge in [-0.1, -0.05) is 0 Å². The van der Waals surface area contributed by atoms with E-state index in [4.69, 9.17) is 4.74 Å². The molecule has 1 saturated heterocycles. The van der Waals surface area contributed by atoms with Crippen LogP contribution in [-0.4, -0.2) is 61.7 Å². The molecule has 3 aromatic heterocycles. The number of carbonyl (C=O) groups excluding carboxylic acids is 1. The van der Waals surface area contributed by atoms with Crippen molar-refractivity contribution in [2.75, 3.05) is 26.3 Å². The number of aryl methyl sites for hydroxylation is 1. The van der Waals surface area contributed by atoms with E-state index in [-0.39, 0.29) is 11.8 Å². The first-order valence-electron chi connectivity index (χ1n) is 8.64. The first kappa shape index (κ1) is 16.6. The molecule has 8 heteroatoms. The van der Waals surface area contributed by atoms with Crippen LogP contribution >= 0.6 is 0 Å². The highest BCUT2D eigenvalue weighted by molar-refractivity contribution is 5.92. The van der Waals surface area contributed by atoms with Crippen LogP contribution in [0.5, 0.6) is 0 Å². The van der Waals surface area contributed by atoms with Crippen LogP contribution in [0.15, 0.2) is 36.9 Å². The van der Waals surface area contributed by atoms with Gasteiger partial charge in [0.1, 0.15) is 5.69 Å². The van der Waals surface area contributed by atoms with E-state index in [1.165, 1.54) is 6.20 Å². The standard InChI is InChI=1S/C18H20N6O2/c1-13-9-21-16(10-20-13)18(25)23-6-7-26-12-14(11-23)8-15-2-3-17-19-4-5-24(17)22-15/h2-5,9-10,14H,6-8,11-12H2,1H3/t14-/m0/s1. The van der Waals surface area contributed by atoms with E-state index < -0.39 is 0 Å². The van der Waals surface area contributed by atoms with Crippen LogP contribution in [-0.2, 0) is 11.2 Å². The second-order valence-corrected chi connectivity index (χ2v) is 6.49. The summed E-state index contributed by atoms with van der Waals surface area (Å²) in [4.78, 5) is 27.1. The first-order chi connectivity index (χ1) is 12.7. The molecule has 1 aliphatic heterocycles. The molecular weight excluding hydrogens is 332 g/mol. The van der Waals surface area contributed by atoms with Gasteiger partial charge in [-0.3, -0.25) is 9.78 Å². The Morgan fingerprint density at radius 3 is 3.04 bits per heavy atom. The average Bonchev–Trinajstić information content (AvgIpc) is 2.99. The topological polar surface area (TPSA) is 85.5 Å². The maximum Gasteiger partial charge on any atom is 0.274 e. The maximum absolute atomic E-state index is 12.7. The summed E-state index contributed by atoms with van der Waals surface area (Å²) in [5.41, 5.74) is 2.93. The minimum atomic E-state index is -0.106. The highest BCUT2D eigenvalue weighted by atomic mass is 16.5. The molecule has 134 valence electrons. The van der Waals surface area contributed by atoms with Gasteiger partial charge >= 0.3 is 0 Å². The van der Waals surface area contributed by atoms with Gasteiger partial charge in [-0.2, -0.15) is 5.10 Å². The molecule has 26 heavy (non-hydrogen) atoms. The molecule has 1 atom stereocenters. The van der Waals surface area contributed by atoms with Gasteiger partial charge in [0.05, 0.1) is 30.8 Å². The molecule has 1 fully saturated rings. The molecular formula is C18H20N6O2. The smallest absolute Gasteiger partial charge is 0.274 e. The third kappa shape index (κ3) is 3.55. The normalized spacial score (nSPS) is 18.0. The number of fused-ring (bicyclic) bond motifs is 1. The summed E-state index contributed by atoms with van der Waals surface area (Å²) in [6, 6.07) is 3.93.